The zero-order chi connectivity index (χ0) is 22.9. The van der Waals surface area contributed by atoms with Crippen molar-refractivity contribution >= 4 is 29.1 Å². The second-order valence-electron chi connectivity index (χ2n) is 9.24. The normalized spacial score (nSPS) is 30.7. The van der Waals surface area contributed by atoms with Crippen LogP contribution in [-0.4, -0.2) is 31.9 Å². The lowest BCUT2D eigenvalue weighted by Crippen LogP contribution is -2.40. The zero-order valence-corrected chi connectivity index (χ0v) is 18.4. The molecule has 6 atom stereocenters. The molecule has 1 heterocycles. The highest BCUT2D eigenvalue weighted by Crippen LogP contribution is 2.65. The summed E-state index contributed by atoms with van der Waals surface area (Å²) in [5.41, 5.74) is 1.29. The molecule has 3 fully saturated rings. The Hall–Kier alpha value is -3.61. The minimum absolute atomic E-state index is 0.135. The van der Waals surface area contributed by atoms with Gasteiger partial charge in [-0.05, 0) is 60.4 Å². The molecule has 2 aromatic rings. The molecule has 7 nitrogen and oxygen atoms in total. The molecule has 0 spiro atoms. The molecule has 168 valence electrons. The van der Waals surface area contributed by atoms with Gasteiger partial charge in [-0.15, -0.1) is 0 Å². The Bertz CT molecular complexity index is 1180. The molecule has 7 rings (SSSR count). The number of allylic oxidation sites excluding steroid dienone is 2. The third-order valence-corrected chi connectivity index (χ3v) is 7.69. The number of nitrogens with one attached hydrogen (secondary N) is 1. The summed E-state index contributed by atoms with van der Waals surface area (Å²) in [7, 11) is 3.07. The number of carbonyl (C=O) groups excluding carboxylic acids is 3. The lowest BCUT2D eigenvalue weighted by molar-refractivity contribution is -0.124. The number of nitrogens with zero attached hydrogens (tertiary/aromatic N) is 1. The third-order valence-electron chi connectivity index (χ3n) is 7.69. The molecule has 2 aromatic carbocycles. The average Bonchev–Trinajstić information content (AvgIpc) is 3.62. The molecule has 33 heavy (non-hydrogen) atoms. The summed E-state index contributed by atoms with van der Waals surface area (Å²) in [6.07, 6.45) is 5.43. The molecule has 0 radical (unpaired) electrons. The maximum absolute atomic E-state index is 13.4. The number of hydrogen-bond donors (Lipinski definition) is 1. The fourth-order valence-corrected chi connectivity index (χ4v) is 6.09. The molecule has 0 unspecified atom stereocenters. The van der Waals surface area contributed by atoms with Crippen molar-refractivity contribution in [3.05, 3.63) is 60.2 Å². The van der Waals surface area contributed by atoms with Crippen LogP contribution in [0.3, 0.4) is 0 Å². The predicted molar refractivity (Wildman–Crippen MR) is 121 cm³/mol. The molecule has 1 saturated heterocycles. The van der Waals surface area contributed by atoms with E-state index >= 15 is 0 Å². The highest BCUT2D eigenvalue weighted by Gasteiger charge is 2.67. The molecule has 3 amide bonds. The van der Waals surface area contributed by atoms with E-state index in [1.54, 1.807) is 49.6 Å². The number of imide groups is 1. The average molecular weight is 444 g/mol. The van der Waals surface area contributed by atoms with E-state index in [0.717, 1.165) is 6.42 Å². The van der Waals surface area contributed by atoms with Gasteiger partial charge < -0.3 is 14.8 Å². The first-order chi connectivity index (χ1) is 16.0. The van der Waals surface area contributed by atoms with Crippen LogP contribution in [0.4, 0.5) is 11.4 Å². The smallest absolute Gasteiger partial charge is 0.255 e. The van der Waals surface area contributed by atoms with E-state index in [0.29, 0.717) is 40.3 Å². The van der Waals surface area contributed by atoms with Crippen LogP contribution in [0.1, 0.15) is 16.8 Å². The lowest BCUT2D eigenvalue weighted by atomic mass is 9.63. The van der Waals surface area contributed by atoms with Crippen LogP contribution in [0.5, 0.6) is 11.5 Å². The van der Waals surface area contributed by atoms with Crippen LogP contribution < -0.4 is 19.7 Å². The molecule has 0 aromatic heterocycles. The van der Waals surface area contributed by atoms with Gasteiger partial charge in [-0.1, -0.05) is 18.2 Å². The van der Waals surface area contributed by atoms with Crippen molar-refractivity contribution in [1.82, 2.24) is 0 Å². The fourth-order valence-electron chi connectivity index (χ4n) is 6.09. The molecule has 4 aliphatic carbocycles. The molecule has 5 aliphatic rings. The third kappa shape index (κ3) is 2.91. The van der Waals surface area contributed by atoms with E-state index in [9.17, 15) is 14.4 Å². The molecular formula is C26H24N2O5. The first kappa shape index (κ1) is 20.0. The van der Waals surface area contributed by atoms with E-state index in [-0.39, 0.29) is 41.4 Å². The Kier molecular flexibility index (Phi) is 4.37. The van der Waals surface area contributed by atoms with Gasteiger partial charge in [-0.25, -0.2) is 4.90 Å². The second kappa shape index (κ2) is 7.20. The fraction of sp³-hybridized carbons (Fsp3) is 0.346. The Morgan fingerprint density at radius 3 is 2.27 bits per heavy atom. The number of methoxy groups -OCH3 is 2. The number of ether oxygens (including phenoxy) is 2. The zero-order valence-electron chi connectivity index (χ0n) is 18.4. The quantitative estimate of drug-likeness (QED) is 0.564. The van der Waals surface area contributed by atoms with Gasteiger partial charge in [0, 0.05) is 11.6 Å². The maximum Gasteiger partial charge on any atom is 0.255 e. The predicted octanol–water partition coefficient (Wildman–Crippen LogP) is 3.51. The van der Waals surface area contributed by atoms with Gasteiger partial charge in [-0.2, -0.15) is 0 Å². The molecule has 2 saturated carbocycles. The van der Waals surface area contributed by atoms with E-state index in [1.807, 2.05) is 0 Å². The SMILES string of the molecule is COc1ccc(NC(=O)c2cccc(N3C(=O)[C@@H]4[C@@H]5C=C[C@H]([C@H]6C[C@H]56)[C@H]4C3=O)c2)c(OC)c1. The summed E-state index contributed by atoms with van der Waals surface area (Å²) in [5, 5.41) is 2.84. The van der Waals surface area contributed by atoms with Crippen molar-refractivity contribution in [2.75, 3.05) is 24.4 Å². The van der Waals surface area contributed by atoms with E-state index < -0.39 is 0 Å². The molecule has 1 N–H and O–H groups in total. The van der Waals surface area contributed by atoms with Gasteiger partial charge >= 0.3 is 0 Å². The first-order valence-corrected chi connectivity index (χ1v) is 11.2. The highest BCUT2D eigenvalue weighted by molar-refractivity contribution is 6.23. The van der Waals surface area contributed by atoms with Crippen LogP contribution in [-0.2, 0) is 9.59 Å². The van der Waals surface area contributed by atoms with E-state index in [2.05, 4.69) is 17.5 Å². The second-order valence-corrected chi connectivity index (χ2v) is 9.24. The summed E-state index contributed by atoms with van der Waals surface area (Å²) >= 11 is 0. The van der Waals surface area contributed by atoms with E-state index in [1.165, 1.54) is 12.0 Å². The van der Waals surface area contributed by atoms with Crippen LogP contribution in [0, 0.1) is 35.5 Å². The monoisotopic (exact) mass is 444 g/mol. The summed E-state index contributed by atoms with van der Waals surface area (Å²) in [5.74, 6) is 1.35. The van der Waals surface area contributed by atoms with Crippen LogP contribution in [0.15, 0.2) is 54.6 Å². The van der Waals surface area contributed by atoms with Crippen LogP contribution >= 0.6 is 0 Å². The molecule has 2 bridgehead atoms. The minimum Gasteiger partial charge on any atom is -0.497 e. The number of carbonyl (C=O) groups is 3. The number of rotatable bonds is 5. The van der Waals surface area contributed by atoms with Crippen molar-refractivity contribution in [3.63, 3.8) is 0 Å². The standard InChI is InChI=1S/C26H24N2O5/c1-32-15-6-9-20(21(11-15)33-2)27-24(29)13-4-3-5-14(10-13)28-25(30)22-16-7-8-17(19-12-18(16)19)23(22)26(28)31/h3-11,16-19,22-23H,12H2,1-2H3,(H,27,29)/t16-,17-,18-,19-,22-,23-/m1/s1. The Labute approximate surface area is 191 Å². The topological polar surface area (TPSA) is 84.9 Å². The molecular weight excluding hydrogens is 420 g/mol. The lowest BCUT2D eigenvalue weighted by Gasteiger charge is -2.37. The molecule has 1 aliphatic heterocycles. The van der Waals surface area contributed by atoms with Gasteiger partial charge in [0.15, 0.2) is 0 Å². The molecule has 7 heteroatoms. The van der Waals surface area contributed by atoms with Gasteiger partial charge in [0.1, 0.15) is 11.5 Å². The summed E-state index contributed by atoms with van der Waals surface area (Å²) in [4.78, 5) is 41.0. The summed E-state index contributed by atoms with van der Waals surface area (Å²) in [6, 6.07) is 11.8. The largest absolute Gasteiger partial charge is 0.497 e. The van der Waals surface area contributed by atoms with Gasteiger partial charge in [-0.3, -0.25) is 14.4 Å². The Morgan fingerprint density at radius 2 is 1.64 bits per heavy atom. The van der Waals surface area contributed by atoms with Crippen molar-refractivity contribution in [3.8, 4) is 11.5 Å². The maximum atomic E-state index is 13.4. The highest BCUT2D eigenvalue weighted by atomic mass is 16.5. The minimum atomic E-state index is -0.361. The van der Waals surface area contributed by atoms with E-state index in [4.69, 9.17) is 9.47 Å². The van der Waals surface area contributed by atoms with Gasteiger partial charge in [0.05, 0.1) is 37.4 Å². The number of anilines is 2. The summed E-state index contributed by atoms with van der Waals surface area (Å²) < 4.78 is 10.5. The van der Waals surface area contributed by atoms with Crippen molar-refractivity contribution in [1.29, 1.82) is 0 Å². The summed E-state index contributed by atoms with van der Waals surface area (Å²) in [6.45, 7) is 0. The number of amides is 3. The van der Waals surface area contributed by atoms with Crippen LogP contribution in [0.2, 0.25) is 0 Å². The van der Waals surface area contributed by atoms with Crippen molar-refractivity contribution < 1.29 is 23.9 Å². The number of benzene rings is 2. The number of hydrogen-bond acceptors (Lipinski definition) is 5. The van der Waals surface area contributed by atoms with Crippen molar-refractivity contribution in [2.24, 2.45) is 35.5 Å². The Morgan fingerprint density at radius 1 is 0.939 bits per heavy atom. The first-order valence-electron chi connectivity index (χ1n) is 11.2. The Balaban J connectivity index is 1.26. The van der Waals surface area contributed by atoms with Gasteiger partial charge in [0.2, 0.25) is 11.8 Å². The van der Waals surface area contributed by atoms with Crippen molar-refractivity contribution in [2.45, 2.75) is 6.42 Å². The van der Waals surface area contributed by atoms with Gasteiger partial charge in [0.25, 0.3) is 5.91 Å². The van der Waals surface area contributed by atoms with Crippen LogP contribution in [0.25, 0.3) is 0 Å².